The maximum atomic E-state index is 12.5. The first kappa shape index (κ1) is 21.8. The molecule has 4 heterocycles. The molecule has 1 saturated heterocycles. The van der Waals surface area contributed by atoms with Crippen LogP contribution in [-0.4, -0.2) is 74.9 Å². The average Bonchev–Trinajstić information content (AvgIpc) is 2.87. The highest BCUT2D eigenvalue weighted by Gasteiger charge is 2.27. The van der Waals surface area contributed by atoms with Crippen LogP contribution in [0.3, 0.4) is 0 Å². The van der Waals surface area contributed by atoms with Crippen LogP contribution in [0.2, 0.25) is 0 Å². The summed E-state index contributed by atoms with van der Waals surface area (Å²) in [6.07, 6.45) is 3.87. The number of rotatable bonds is 7. The molecule has 1 aromatic carbocycles. The number of piperidine rings is 1. The van der Waals surface area contributed by atoms with Crippen LogP contribution in [0, 0.1) is 0 Å². The van der Waals surface area contributed by atoms with Crippen LogP contribution in [0.5, 0.6) is 23.0 Å². The van der Waals surface area contributed by atoms with Gasteiger partial charge in [0.2, 0.25) is 0 Å². The van der Waals surface area contributed by atoms with Crippen LogP contribution in [0.15, 0.2) is 30.5 Å². The highest BCUT2D eigenvalue weighted by atomic mass is 16.6. The van der Waals surface area contributed by atoms with Gasteiger partial charge >= 0.3 is 0 Å². The lowest BCUT2D eigenvalue weighted by Gasteiger charge is -2.35. The number of carbonyl (C=O) groups excluding carboxylic acids is 1. The van der Waals surface area contributed by atoms with Crippen molar-refractivity contribution in [1.82, 2.24) is 15.2 Å². The smallest absolute Gasteiger partial charge is 0.265 e. The maximum absolute atomic E-state index is 12.5. The highest BCUT2D eigenvalue weighted by Crippen LogP contribution is 2.35. The van der Waals surface area contributed by atoms with Gasteiger partial charge in [-0.25, -0.2) is 0 Å². The van der Waals surface area contributed by atoms with Crippen molar-refractivity contribution in [2.75, 3.05) is 58.0 Å². The summed E-state index contributed by atoms with van der Waals surface area (Å²) in [5, 5.41) is 3.62. The molecule has 3 aliphatic rings. The molecule has 9 nitrogen and oxygen atoms in total. The van der Waals surface area contributed by atoms with E-state index >= 15 is 0 Å². The fraction of sp³-hybridized carbons (Fsp3) is 0.500. The highest BCUT2D eigenvalue weighted by molar-refractivity contribution is 5.98. The molecular formula is C24H30N4O5. The third kappa shape index (κ3) is 4.99. The van der Waals surface area contributed by atoms with Crippen LogP contribution < -0.4 is 29.2 Å². The van der Waals surface area contributed by atoms with E-state index in [1.54, 1.807) is 13.3 Å². The van der Waals surface area contributed by atoms with E-state index in [0.717, 1.165) is 66.9 Å². The summed E-state index contributed by atoms with van der Waals surface area (Å²) in [6.45, 7) is 5.41. The van der Waals surface area contributed by atoms with Crippen molar-refractivity contribution in [1.29, 1.82) is 0 Å². The quantitative estimate of drug-likeness (QED) is 0.679. The number of hydrogen-bond acceptors (Lipinski definition) is 8. The van der Waals surface area contributed by atoms with Gasteiger partial charge in [0.25, 0.3) is 5.91 Å². The Morgan fingerprint density at radius 3 is 2.70 bits per heavy atom. The summed E-state index contributed by atoms with van der Waals surface area (Å²) < 4.78 is 22.1. The Labute approximate surface area is 193 Å². The molecule has 176 valence electrons. The Bertz CT molecular complexity index is 993. The van der Waals surface area contributed by atoms with Gasteiger partial charge in [-0.2, -0.15) is 0 Å². The van der Waals surface area contributed by atoms with Crippen LogP contribution in [0.4, 0.5) is 5.69 Å². The number of amides is 1. The number of ether oxygens (including phenoxy) is 4. The first-order chi connectivity index (χ1) is 16.2. The molecule has 9 heteroatoms. The van der Waals surface area contributed by atoms with Crippen LogP contribution >= 0.6 is 0 Å². The fourth-order valence-electron chi connectivity index (χ4n) is 4.49. The molecule has 1 N–H and O–H groups in total. The monoisotopic (exact) mass is 454 g/mol. The van der Waals surface area contributed by atoms with Crippen molar-refractivity contribution in [2.45, 2.75) is 25.4 Å². The van der Waals surface area contributed by atoms with Crippen molar-refractivity contribution in [3.05, 3.63) is 36.2 Å². The SMILES string of the molecule is COc1ccc2c(c1)N(CCN1CCC(NCc3cc4c(cn3)OCCO4)CC1)C(=O)CO2. The van der Waals surface area contributed by atoms with Gasteiger partial charge in [-0.05, 0) is 38.1 Å². The molecule has 0 bridgehead atoms. The van der Waals surface area contributed by atoms with Gasteiger partial charge < -0.3 is 34.1 Å². The number of nitrogens with zero attached hydrogens (tertiary/aromatic N) is 3. The second-order valence-electron chi connectivity index (χ2n) is 8.48. The minimum Gasteiger partial charge on any atom is -0.497 e. The molecule has 1 amide bonds. The van der Waals surface area contributed by atoms with Gasteiger partial charge in [0, 0.05) is 37.8 Å². The molecule has 1 fully saturated rings. The molecule has 0 aliphatic carbocycles. The Hall–Kier alpha value is -3.04. The number of anilines is 1. The number of likely N-dealkylation sites (tertiary alicyclic amines) is 1. The second-order valence-corrected chi connectivity index (χ2v) is 8.48. The molecular weight excluding hydrogens is 424 g/mol. The molecule has 0 radical (unpaired) electrons. The summed E-state index contributed by atoms with van der Waals surface area (Å²) in [6, 6.07) is 8.00. The van der Waals surface area contributed by atoms with Crippen LogP contribution in [0.1, 0.15) is 18.5 Å². The Kier molecular flexibility index (Phi) is 6.50. The molecule has 0 unspecified atom stereocenters. The van der Waals surface area contributed by atoms with E-state index in [-0.39, 0.29) is 12.5 Å². The molecule has 0 atom stereocenters. The van der Waals surface area contributed by atoms with E-state index in [4.69, 9.17) is 18.9 Å². The number of benzene rings is 1. The zero-order valence-electron chi connectivity index (χ0n) is 18.9. The molecule has 5 rings (SSSR count). The van der Waals surface area contributed by atoms with E-state index in [1.165, 1.54) is 0 Å². The third-order valence-electron chi connectivity index (χ3n) is 6.40. The van der Waals surface area contributed by atoms with Gasteiger partial charge in [0.05, 0.1) is 24.7 Å². The van der Waals surface area contributed by atoms with Crippen LogP contribution in [-0.2, 0) is 11.3 Å². The summed E-state index contributed by atoms with van der Waals surface area (Å²) in [5.41, 5.74) is 1.75. The maximum Gasteiger partial charge on any atom is 0.265 e. The molecule has 1 aromatic heterocycles. The van der Waals surface area contributed by atoms with E-state index in [1.807, 2.05) is 29.2 Å². The van der Waals surface area contributed by atoms with E-state index in [0.29, 0.717) is 32.3 Å². The lowest BCUT2D eigenvalue weighted by molar-refractivity contribution is -0.121. The number of pyridine rings is 1. The summed E-state index contributed by atoms with van der Waals surface area (Å²) >= 11 is 0. The Morgan fingerprint density at radius 1 is 1.06 bits per heavy atom. The predicted molar refractivity (Wildman–Crippen MR) is 122 cm³/mol. The number of aromatic nitrogens is 1. The first-order valence-corrected chi connectivity index (χ1v) is 11.5. The molecule has 0 spiro atoms. The minimum atomic E-state index is -0.0146. The van der Waals surface area contributed by atoms with Gasteiger partial charge in [-0.1, -0.05) is 0 Å². The molecule has 3 aliphatic heterocycles. The van der Waals surface area contributed by atoms with Gasteiger partial charge in [0.1, 0.15) is 24.7 Å². The van der Waals surface area contributed by atoms with E-state index in [2.05, 4.69) is 15.2 Å². The Morgan fingerprint density at radius 2 is 1.88 bits per heavy atom. The number of methoxy groups -OCH3 is 1. The molecule has 0 saturated carbocycles. The Balaban J connectivity index is 1.09. The largest absolute Gasteiger partial charge is 0.497 e. The minimum absolute atomic E-state index is 0.0146. The van der Waals surface area contributed by atoms with Gasteiger partial charge in [0.15, 0.2) is 18.1 Å². The lowest BCUT2D eigenvalue weighted by atomic mass is 10.0. The normalized spacial score (nSPS) is 18.6. The van der Waals surface area contributed by atoms with Crippen LogP contribution in [0.25, 0.3) is 0 Å². The zero-order chi connectivity index (χ0) is 22.6. The molecule has 33 heavy (non-hydrogen) atoms. The summed E-state index contributed by atoms with van der Waals surface area (Å²) in [7, 11) is 1.62. The van der Waals surface area contributed by atoms with Crippen molar-refractivity contribution < 1.29 is 23.7 Å². The fourth-order valence-corrected chi connectivity index (χ4v) is 4.49. The average molecular weight is 455 g/mol. The predicted octanol–water partition coefficient (Wildman–Crippen LogP) is 1.84. The van der Waals surface area contributed by atoms with Gasteiger partial charge in [-0.15, -0.1) is 0 Å². The standard InChI is InChI=1S/C24H30N4O5/c1-30-19-2-3-21-20(13-19)28(24(29)16-33-21)9-8-27-6-4-17(5-7-27)25-14-18-12-22-23(15-26-18)32-11-10-31-22/h2-3,12-13,15,17,25H,4-11,14,16H2,1H3. The molecule has 2 aromatic rings. The zero-order valence-corrected chi connectivity index (χ0v) is 18.9. The topological polar surface area (TPSA) is 85.4 Å². The summed E-state index contributed by atoms with van der Waals surface area (Å²) in [5.74, 6) is 2.93. The number of carbonyl (C=O) groups is 1. The first-order valence-electron chi connectivity index (χ1n) is 11.5. The van der Waals surface area contributed by atoms with Crippen molar-refractivity contribution in [2.24, 2.45) is 0 Å². The van der Waals surface area contributed by atoms with Crippen molar-refractivity contribution >= 4 is 11.6 Å². The third-order valence-corrected chi connectivity index (χ3v) is 6.40. The van der Waals surface area contributed by atoms with Gasteiger partial charge in [-0.3, -0.25) is 9.78 Å². The van der Waals surface area contributed by atoms with E-state index < -0.39 is 0 Å². The second kappa shape index (κ2) is 9.84. The van der Waals surface area contributed by atoms with E-state index in [9.17, 15) is 4.79 Å². The van der Waals surface area contributed by atoms with Crippen molar-refractivity contribution in [3.63, 3.8) is 0 Å². The summed E-state index contributed by atoms with van der Waals surface area (Å²) in [4.78, 5) is 21.2. The number of hydrogen-bond donors (Lipinski definition) is 1. The number of nitrogens with one attached hydrogen (secondary N) is 1. The lowest BCUT2D eigenvalue weighted by Crippen LogP contribution is -2.47. The van der Waals surface area contributed by atoms with Crippen molar-refractivity contribution in [3.8, 4) is 23.0 Å². The number of fused-ring (bicyclic) bond motifs is 2.